The summed E-state index contributed by atoms with van der Waals surface area (Å²) in [5.74, 6) is 0. The van der Waals surface area contributed by atoms with Crippen molar-refractivity contribution in [3.63, 3.8) is 0 Å². The lowest BCUT2D eigenvalue weighted by Gasteiger charge is -1.75. The normalized spacial score (nSPS) is 11.5. The highest BCUT2D eigenvalue weighted by molar-refractivity contribution is 7.64. The van der Waals surface area contributed by atoms with E-state index in [9.17, 15) is 0 Å². The molecule has 1 aromatic rings. The van der Waals surface area contributed by atoms with Crippen molar-refractivity contribution in [3.8, 4) is 0 Å². The first-order valence-corrected chi connectivity index (χ1v) is 3.49. The average molecular weight is 130 g/mol. The van der Waals surface area contributed by atoms with Gasteiger partial charge < -0.3 is 10.0 Å². The summed E-state index contributed by atoms with van der Waals surface area (Å²) >= 11 is 0. The molecule has 3 nitrogen and oxygen atoms in total. The van der Waals surface area contributed by atoms with E-state index in [4.69, 9.17) is 10.0 Å². The fourth-order valence-corrected chi connectivity index (χ4v) is 1.11. The molecule has 1 heterocycles. The molecule has 0 aromatic carbocycles. The number of hydrogen-bond donors (Lipinski definition) is 2. The van der Waals surface area contributed by atoms with Gasteiger partial charge in [0.2, 0.25) is 5.51 Å². The molecule has 1 aromatic heterocycles. The lowest BCUT2D eigenvalue weighted by Crippen LogP contribution is -2.03. The summed E-state index contributed by atoms with van der Waals surface area (Å²) < 4.78 is 0. The molecular weight excluding hydrogens is 125 g/mol. The molecule has 0 aliphatic carbocycles. The Morgan fingerprint density at radius 2 is 2.25 bits per heavy atom. The summed E-state index contributed by atoms with van der Waals surface area (Å²) in [4.78, 5) is 3.67. The van der Waals surface area contributed by atoms with E-state index < -0.39 is 16.7 Å². The van der Waals surface area contributed by atoms with E-state index in [2.05, 4.69) is 4.98 Å². The van der Waals surface area contributed by atoms with Crippen LogP contribution in [0.15, 0.2) is 17.1 Å². The Bertz CT molecular complexity index is 152. The van der Waals surface area contributed by atoms with Crippen LogP contribution in [0.1, 0.15) is 0 Å². The zero-order valence-corrected chi connectivity index (χ0v) is 4.88. The van der Waals surface area contributed by atoms with Crippen LogP contribution in [0.25, 0.3) is 0 Å². The van der Waals surface area contributed by atoms with Gasteiger partial charge in [-0.05, 0) is 10.3 Å². The second-order valence-electron chi connectivity index (χ2n) is 1.27. The lowest BCUT2D eigenvalue weighted by atomic mass is 10.4. The van der Waals surface area contributed by atoms with E-state index >= 15 is 0 Å². The largest absolute Gasteiger partial charge is 0.784 e. The van der Waals surface area contributed by atoms with Crippen LogP contribution in [0.5, 0.6) is 0 Å². The first kappa shape index (κ1) is 5.75. The van der Waals surface area contributed by atoms with E-state index in [-0.39, 0.29) is 0 Å². The SMILES string of the molecule is OB(O)[s+]1ccnc1. The maximum absolute atomic E-state index is 8.48. The molecule has 0 bridgehead atoms. The molecule has 0 radical (unpaired) electrons. The van der Waals surface area contributed by atoms with Crippen molar-refractivity contribution in [1.29, 1.82) is 0 Å². The zero-order chi connectivity index (χ0) is 5.98. The van der Waals surface area contributed by atoms with Crippen molar-refractivity contribution >= 4 is 16.7 Å². The second-order valence-corrected chi connectivity index (χ2v) is 3.00. The molecule has 1 atom stereocenters. The number of rotatable bonds is 1. The minimum absolute atomic E-state index is 0.540. The summed E-state index contributed by atoms with van der Waals surface area (Å²) in [6.45, 7) is 0. The van der Waals surface area contributed by atoms with Gasteiger partial charge in [-0.1, -0.05) is 0 Å². The molecule has 8 heavy (non-hydrogen) atoms. The van der Waals surface area contributed by atoms with Crippen LogP contribution < -0.4 is 0 Å². The van der Waals surface area contributed by atoms with E-state index in [0.29, 0.717) is 0 Å². The second kappa shape index (κ2) is 2.26. The van der Waals surface area contributed by atoms with Crippen molar-refractivity contribution in [2.75, 3.05) is 0 Å². The molecule has 2 N–H and O–H groups in total. The Morgan fingerprint density at radius 3 is 2.50 bits per heavy atom. The quantitative estimate of drug-likeness (QED) is 0.403. The number of aromatic nitrogens is 1. The van der Waals surface area contributed by atoms with Gasteiger partial charge in [0, 0.05) is 0 Å². The third-order valence-electron chi connectivity index (χ3n) is 0.730. The summed E-state index contributed by atoms with van der Waals surface area (Å²) in [6, 6.07) is 0. The first-order valence-electron chi connectivity index (χ1n) is 2.07. The first-order chi connectivity index (χ1) is 3.80. The molecule has 0 amide bonds. The van der Waals surface area contributed by atoms with Crippen LogP contribution in [0.3, 0.4) is 0 Å². The van der Waals surface area contributed by atoms with Gasteiger partial charge in [-0.15, -0.1) is 0 Å². The molecule has 5 heteroatoms. The fraction of sp³-hybridized carbons (Fsp3) is 0. The predicted molar refractivity (Wildman–Crippen MR) is 32.3 cm³/mol. The molecular formula is C3H5BNO2S+. The lowest BCUT2D eigenvalue weighted by molar-refractivity contribution is 0.436. The number of nitrogens with zero attached hydrogens (tertiary/aromatic N) is 1. The Hall–Kier alpha value is -0.385. The summed E-state index contributed by atoms with van der Waals surface area (Å²) in [7, 11) is -0.540. The highest BCUT2D eigenvalue weighted by Gasteiger charge is 2.25. The van der Waals surface area contributed by atoms with Gasteiger partial charge >= 0.3 is 6.40 Å². The van der Waals surface area contributed by atoms with Gasteiger partial charge in [0.05, 0.1) is 6.20 Å². The Morgan fingerprint density at radius 1 is 1.50 bits per heavy atom. The van der Waals surface area contributed by atoms with Crippen molar-refractivity contribution in [2.24, 2.45) is 0 Å². The Balaban J connectivity index is 2.77. The van der Waals surface area contributed by atoms with Crippen LogP contribution >= 0.6 is 10.3 Å². The van der Waals surface area contributed by atoms with Gasteiger partial charge in [-0.2, -0.15) is 0 Å². The molecule has 0 aliphatic heterocycles. The minimum atomic E-state index is -1.27. The van der Waals surface area contributed by atoms with Crippen molar-refractivity contribution in [1.82, 2.24) is 4.98 Å². The fourth-order valence-electron chi connectivity index (χ4n) is 0.371. The number of hydrogen-bond acceptors (Lipinski definition) is 3. The molecule has 0 spiro atoms. The molecule has 0 fully saturated rings. The molecule has 42 valence electrons. The summed E-state index contributed by atoms with van der Waals surface area (Å²) in [5, 5.41) is 18.6. The van der Waals surface area contributed by atoms with Gasteiger partial charge in [0.15, 0.2) is 0 Å². The predicted octanol–water partition coefficient (Wildman–Crippen LogP) is -0.352. The van der Waals surface area contributed by atoms with Crippen molar-refractivity contribution < 1.29 is 10.0 Å². The van der Waals surface area contributed by atoms with E-state index in [0.717, 1.165) is 0 Å². The highest BCUT2D eigenvalue weighted by Crippen LogP contribution is 2.13. The third-order valence-corrected chi connectivity index (χ3v) is 2.02. The minimum Gasteiger partial charge on any atom is -0.373 e. The van der Waals surface area contributed by atoms with Crippen LogP contribution in [0.2, 0.25) is 0 Å². The maximum Gasteiger partial charge on any atom is 0.784 e. The monoisotopic (exact) mass is 130 g/mol. The molecule has 1 unspecified atom stereocenters. The Labute approximate surface area is 49.6 Å². The topological polar surface area (TPSA) is 53.4 Å². The Kier molecular flexibility index (Phi) is 1.62. The molecule has 0 saturated carbocycles. The maximum atomic E-state index is 8.48. The zero-order valence-electron chi connectivity index (χ0n) is 4.06. The molecule has 1 rings (SSSR count). The van der Waals surface area contributed by atoms with Crippen molar-refractivity contribution in [2.45, 2.75) is 0 Å². The third kappa shape index (κ3) is 1.06. The average Bonchev–Trinajstić information content (AvgIpc) is 2.12. The van der Waals surface area contributed by atoms with Gasteiger partial charge in [0.1, 0.15) is 5.38 Å². The van der Waals surface area contributed by atoms with Crippen LogP contribution in [0, 0.1) is 0 Å². The van der Waals surface area contributed by atoms with E-state index in [1.54, 1.807) is 11.6 Å². The van der Waals surface area contributed by atoms with Crippen LogP contribution in [0.4, 0.5) is 0 Å². The molecule has 0 saturated heterocycles. The van der Waals surface area contributed by atoms with Crippen LogP contribution in [-0.2, 0) is 0 Å². The van der Waals surface area contributed by atoms with E-state index in [1.165, 1.54) is 5.51 Å². The summed E-state index contributed by atoms with van der Waals surface area (Å²) in [5.41, 5.74) is 1.52. The highest BCUT2D eigenvalue weighted by atomic mass is 32.2. The van der Waals surface area contributed by atoms with Gasteiger partial charge in [-0.3, -0.25) is 0 Å². The van der Waals surface area contributed by atoms with E-state index in [1.807, 2.05) is 0 Å². The smallest absolute Gasteiger partial charge is 0.373 e. The van der Waals surface area contributed by atoms with Crippen molar-refractivity contribution in [3.05, 3.63) is 17.1 Å². The standard InChI is InChI=1S/C3H5BNO2S/c6-4(7)8-2-1-5-3-8/h1-3,6-7H/q+1. The molecule has 0 aliphatic rings. The summed E-state index contributed by atoms with van der Waals surface area (Å²) in [6.07, 6.45) is 0.292. The van der Waals surface area contributed by atoms with Crippen LogP contribution in [-0.4, -0.2) is 21.4 Å². The van der Waals surface area contributed by atoms with Gasteiger partial charge in [-0.25, -0.2) is 4.98 Å². The van der Waals surface area contributed by atoms with Gasteiger partial charge in [0.25, 0.3) is 0 Å². The number of thiazole rings is 1.